The van der Waals surface area contributed by atoms with Gasteiger partial charge in [0.15, 0.2) is 5.78 Å². The monoisotopic (exact) mass is 384 g/mol. The minimum absolute atomic E-state index is 0.104. The van der Waals surface area contributed by atoms with Gasteiger partial charge < -0.3 is 9.15 Å². The average molecular weight is 385 g/mol. The number of aryl methyl sites for hydroxylation is 2. The lowest BCUT2D eigenvalue weighted by atomic mass is 10.1. The number of rotatable bonds is 7. The van der Waals surface area contributed by atoms with Gasteiger partial charge in [0, 0.05) is 12.2 Å². The van der Waals surface area contributed by atoms with Gasteiger partial charge in [0.05, 0.1) is 16.8 Å². The number of carbonyl (C=O) groups excluding carboxylic acids is 1. The third-order valence-corrected chi connectivity index (χ3v) is 4.57. The second-order valence-electron chi connectivity index (χ2n) is 6.14. The fraction of sp³-hybridized carbons (Fsp3) is 0.238. The molecule has 140 valence electrons. The number of allylic oxidation sites excluding steroid dienone is 1. The zero-order valence-corrected chi connectivity index (χ0v) is 16.3. The summed E-state index contributed by atoms with van der Waals surface area (Å²) in [6.45, 7) is 6.80. The Balaban J connectivity index is 1.64. The fourth-order valence-electron chi connectivity index (χ4n) is 2.76. The van der Waals surface area contributed by atoms with Crippen LogP contribution in [0.25, 0.3) is 6.08 Å². The molecule has 0 radical (unpaired) electrons. The summed E-state index contributed by atoms with van der Waals surface area (Å²) in [7, 11) is 0. The Hall–Kier alpha value is -2.79. The summed E-state index contributed by atoms with van der Waals surface area (Å²) in [5.41, 5.74) is 2.41. The Kier molecular flexibility index (Phi) is 5.81. The number of ketones is 1. The summed E-state index contributed by atoms with van der Waals surface area (Å²) in [6, 6.07) is 9.21. The molecule has 5 nitrogen and oxygen atoms in total. The second-order valence-corrected chi connectivity index (χ2v) is 6.54. The van der Waals surface area contributed by atoms with Crippen molar-refractivity contribution in [2.45, 2.75) is 33.9 Å². The SMILES string of the molecule is CCn1ncc(C(=O)/C=C/c2ccc(COc3c(C)cccc3Cl)o2)c1C. The number of furan rings is 1. The molecule has 0 aliphatic rings. The summed E-state index contributed by atoms with van der Waals surface area (Å²) in [5, 5.41) is 4.76. The third-order valence-electron chi connectivity index (χ3n) is 4.27. The second kappa shape index (κ2) is 8.27. The van der Waals surface area contributed by atoms with Gasteiger partial charge in [-0.05, 0) is 56.7 Å². The van der Waals surface area contributed by atoms with E-state index in [1.54, 1.807) is 29.1 Å². The van der Waals surface area contributed by atoms with Gasteiger partial charge in [-0.15, -0.1) is 0 Å². The maximum absolute atomic E-state index is 12.3. The highest BCUT2D eigenvalue weighted by molar-refractivity contribution is 6.32. The van der Waals surface area contributed by atoms with Gasteiger partial charge >= 0.3 is 0 Å². The number of ether oxygens (including phenoxy) is 1. The molecule has 2 aromatic heterocycles. The highest BCUT2D eigenvalue weighted by Crippen LogP contribution is 2.28. The first kappa shape index (κ1) is 19.0. The Bertz CT molecular complexity index is 965. The van der Waals surface area contributed by atoms with Crippen LogP contribution >= 0.6 is 11.6 Å². The van der Waals surface area contributed by atoms with E-state index in [2.05, 4.69) is 5.10 Å². The molecule has 3 aromatic rings. The number of hydrogen-bond acceptors (Lipinski definition) is 4. The van der Waals surface area contributed by atoms with E-state index in [-0.39, 0.29) is 12.4 Å². The number of nitrogens with zero attached hydrogens (tertiary/aromatic N) is 2. The first-order chi connectivity index (χ1) is 13.0. The molecule has 1 aromatic carbocycles. The number of halogens is 1. The highest BCUT2D eigenvalue weighted by Gasteiger charge is 2.11. The highest BCUT2D eigenvalue weighted by atomic mass is 35.5. The minimum Gasteiger partial charge on any atom is -0.484 e. The van der Waals surface area contributed by atoms with E-state index in [0.717, 1.165) is 17.8 Å². The summed E-state index contributed by atoms with van der Waals surface area (Å²) in [4.78, 5) is 12.3. The van der Waals surface area contributed by atoms with E-state index in [1.807, 2.05) is 39.0 Å². The first-order valence-corrected chi connectivity index (χ1v) is 9.08. The molecule has 0 aliphatic heterocycles. The average Bonchev–Trinajstić information content (AvgIpc) is 3.25. The predicted molar refractivity (Wildman–Crippen MR) is 105 cm³/mol. The maximum atomic E-state index is 12.3. The first-order valence-electron chi connectivity index (χ1n) is 8.71. The van der Waals surface area contributed by atoms with Crippen LogP contribution in [-0.2, 0) is 13.2 Å². The maximum Gasteiger partial charge on any atom is 0.189 e. The molecule has 0 saturated heterocycles. The summed E-state index contributed by atoms with van der Waals surface area (Å²) in [5.74, 6) is 1.77. The molecule has 27 heavy (non-hydrogen) atoms. The van der Waals surface area contributed by atoms with Gasteiger partial charge in [0.1, 0.15) is 23.9 Å². The molecule has 6 heteroatoms. The molecule has 2 heterocycles. The van der Waals surface area contributed by atoms with E-state index in [4.69, 9.17) is 20.8 Å². The van der Waals surface area contributed by atoms with Crippen LogP contribution < -0.4 is 4.74 Å². The molecule has 0 N–H and O–H groups in total. The number of carbonyl (C=O) groups is 1. The van der Waals surface area contributed by atoms with E-state index in [0.29, 0.717) is 27.9 Å². The van der Waals surface area contributed by atoms with Crippen LogP contribution in [0.3, 0.4) is 0 Å². The smallest absolute Gasteiger partial charge is 0.189 e. The Morgan fingerprint density at radius 3 is 2.81 bits per heavy atom. The van der Waals surface area contributed by atoms with Crippen molar-refractivity contribution < 1.29 is 13.9 Å². The van der Waals surface area contributed by atoms with Crippen LogP contribution in [0, 0.1) is 13.8 Å². The van der Waals surface area contributed by atoms with Crippen molar-refractivity contribution in [3.05, 3.63) is 76.0 Å². The Morgan fingerprint density at radius 2 is 2.11 bits per heavy atom. The number of benzene rings is 1. The predicted octanol–water partition coefficient (Wildman–Crippen LogP) is 5.24. The molecule has 0 atom stereocenters. The lowest BCUT2D eigenvalue weighted by Gasteiger charge is -2.09. The molecule has 3 rings (SSSR count). The summed E-state index contributed by atoms with van der Waals surface area (Å²) in [6.07, 6.45) is 4.74. The van der Waals surface area contributed by atoms with Gasteiger partial charge in [-0.3, -0.25) is 9.48 Å². The van der Waals surface area contributed by atoms with Crippen molar-refractivity contribution >= 4 is 23.5 Å². The van der Waals surface area contributed by atoms with Crippen LogP contribution in [0.5, 0.6) is 5.75 Å². The standard InChI is InChI=1S/C21H21ClN2O3/c1-4-24-15(3)18(12-23-24)20(25)11-10-16-8-9-17(27-16)13-26-21-14(2)6-5-7-19(21)22/h5-12H,4,13H2,1-3H3/b11-10+. The fourth-order valence-corrected chi connectivity index (χ4v) is 3.04. The molecular weight excluding hydrogens is 364 g/mol. The van der Waals surface area contributed by atoms with E-state index < -0.39 is 0 Å². The lowest BCUT2D eigenvalue weighted by Crippen LogP contribution is -2.01. The molecule has 0 unspecified atom stereocenters. The number of hydrogen-bond donors (Lipinski definition) is 0. The molecule has 0 saturated carbocycles. The minimum atomic E-state index is -0.104. The molecule has 0 fully saturated rings. The summed E-state index contributed by atoms with van der Waals surface area (Å²) >= 11 is 6.16. The van der Waals surface area contributed by atoms with E-state index in [1.165, 1.54) is 6.08 Å². The van der Waals surface area contributed by atoms with Crippen molar-refractivity contribution in [1.82, 2.24) is 9.78 Å². The normalized spacial score (nSPS) is 11.3. The van der Waals surface area contributed by atoms with Crippen LogP contribution in [0.1, 0.15) is 40.1 Å². The van der Waals surface area contributed by atoms with Crippen LogP contribution in [-0.4, -0.2) is 15.6 Å². The van der Waals surface area contributed by atoms with Crippen LogP contribution in [0.4, 0.5) is 0 Å². The van der Waals surface area contributed by atoms with Gasteiger partial charge in [-0.2, -0.15) is 5.10 Å². The lowest BCUT2D eigenvalue weighted by molar-refractivity contribution is 0.104. The largest absolute Gasteiger partial charge is 0.484 e. The quantitative estimate of drug-likeness (QED) is 0.413. The van der Waals surface area contributed by atoms with Crippen LogP contribution in [0.15, 0.2) is 47.0 Å². The zero-order valence-electron chi connectivity index (χ0n) is 15.5. The molecule has 0 amide bonds. The molecule has 0 spiro atoms. The summed E-state index contributed by atoms with van der Waals surface area (Å²) < 4.78 is 13.3. The van der Waals surface area contributed by atoms with E-state index in [9.17, 15) is 4.79 Å². The van der Waals surface area contributed by atoms with Crippen molar-refractivity contribution in [2.75, 3.05) is 0 Å². The van der Waals surface area contributed by atoms with Crippen molar-refractivity contribution in [2.24, 2.45) is 0 Å². The molecule has 0 bridgehead atoms. The van der Waals surface area contributed by atoms with Crippen molar-refractivity contribution in [3.63, 3.8) is 0 Å². The number of para-hydroxylation sites is 1. The third kappa shape index (κ3) is 4.31. The van der Waals surface area contributed by atoms with Gasteiger partial charge in [-0.25, -0.2) is 0 Å². The van der Waals surface area contributed by atoms with E-state index >= 15 is 0 Å². The van der Waals surface area contributed by atoms with Gasteiger partial charge in [-0.1, -0.05) is 23.7 Å². The Labute approximate surface area is 163 Å². The topological polar surface area (TPSA) is 57.3 Å². The van der Waals surface area contributed by atoms with Crippen LogP contribution in [0.2, 0.25) is 5.02 Å². The van der Waals surface area contributed by atoms with Crippen molar-refractivity contribution in [3.8, 4) is 5.75 Å². The van der Waals surface area contributed by atoms with Crippen molar-refractivity contribution in [1.29, 1.82) is 0 Å². The number of aromatic nitrogens is 2. The Morgan fingerprint density at radius 1 is 1.30 bits per heavy atom. The molecule has 0 aliphatic carbocycles. The van der Waals surface area contributed by atoms with Gasteiger partial charge in [0.2, 0.25) is 0 Å². The molecular formula is C21H21ClN2O3. The van der Waals surface area contributed by atoms with Gasteiger partial charge in [0.25, 0.3) is 0 Å². The zero-order chi connectivity index (χ0) is 19.4.